The Kier molecular flexibility index (Phi) is 6.30. The van der Waals surface area contributed by atoms with Gasteiger partial charge in [-0.3, -0.25) is 0 Å². The number of aromatic nitrogens is 2. The zero-order valence-electron chi connectivity index (χ0n) is 16.5. The molecule has 0 spiro atoms. The maximum atomic E-state index is 11.6. The van der Waals surface area contributed by atoms with Gasteiger partial charge in [-0.2, -0.15) is 0 Å². The van der Waals surface area contributed by atoms with Crippen molar-refractivity contribution in [2.45, 2.75) is 24.0 Å². The minimum atomic E-state index is -0.925. The molecule has 2 N–H and O–H groups in total. The Morgan fingerprint density at radius 1 is 1.07 bits per heavy atom. The van der Waals surface area contributed by atoms with Crippen LogP contribution in [0.5, 0.6) is 0 Å². The average molecular weight is 436 g/mol. The van der Waals surface area contributed by atoms with Crippen LogP contribution in [0.4, 0.5) is 5.82 Å². The Labute approximate surface area is 183 Å². The van der Waals surface area contributed by atoms with Crippen LogP contribution in [0.25, 0.3) is 10.2 Å². The van der Waals surface area contributed by atoms with Crippen molar-refractivity contribution in [1.29, 1.82) is 0 Å². The minimum absolute atomic E-state index is 0.318. The number of benzene rings is 2. The largest absolute Gasteiger partial charge is 0.477 e. The number of aryl methyl sites for hydroxylation is 1. The molecule has 0 atom stereocenters. The average Bonchev–Trinajstić information content (AvgIpc) is 3.11. The van der Waals surface area contributed by atoms with Crippen molar-refractivity contribution in [2.75, 3.05) is 11.9 Å². The van der Waals surface area contributed by atoms with Gasteiger partial charge in [0.1, 0.15) is 21.3 Å². The van der Waals surface area contributed by atoms with E-state index in [4.69, 9.17) is 4.98 Å². The number of thiophene rings is 1. The van der Waals surface area contributed by atoms with Gasteiger partial charge in [0.25, 0.3) is 0 Å². The van der Waals surface area contributed by atoms with Crippen LogP contribution < -0.4 is 5.32 Å². The molecule has 0 saturated heterocycles. The van der Waals surface area contributed by atoms with Crippen molar-refractivity contribution in [3.63, 3.8) is 0 Å². The highest BCUT2D eigenvalue weighted by molar-refractivity contribution is 7.98. The van der Waals surface area contributed by atoms with Crippen LogP contribution in [0, 0.1) is 6.92 Å². The van der Waals surface area contributed by atoms with Gasteiger partial charge in [0, 0.05) is 11.4 Å². The quantitative estimate of drug-likeness (QED) is 0.349. The van der Waals surface area contributed by atoms with E-state index in [1.807, 2.05) is 43.3 Å². The normalized spacial score (nSPS) is 11.0. The predicted molar refractivity (Wildman–Crippen MR) is 124 cm³/mol. The van der Waals surface area contributed by atoms with E-state index in [1.54, 1.807) is 11.8 Å². The molecule has 0 unspecified atom stereocenters. The number of anilines is 1. The number of hydrogen-bond acceptors (Lipinski definition) is 6. The Balaban J connectivity index is 1.61. The summed E-state index contributed by atoms with van der Waals surface area (Å²) in [6.45, 7) is 2.53. The van der Waals surface area contributed by atoms with Crippen molar-refractivity contribution in [1.82, 2.24) is 9.97 Å². The van der Waals surface area contributed by atoms with Crippen LogP contribution in [-0.4, -0.2) is 27.6 Å². The molecule has 4 rings (SSSR count). The zero-order chi connectivity index (χ0) is 20.9. The molecule has 7 heteroatoms. The number of nitrogens with zero attached hydrogens (tertiary/aromatic N) is 2. The van der Waals surface area contributed by atoms with E-state index in [0.717, 1.165) is 16.7 Å². The molecular formula is C23H21N3O2S2. The van der Waals surface area contributed by atoms with E-state index in [2.05, 4.69) is 34.6 Å². The fraction of sp³-hybridized carbons (Fsp3) is 0.174. The molecule has 0 bridgehead atoms. The van der Waals surface area contributed by atoms with E-state index < -0.39 is 5.97 Å². The standard InChI is InChI=1S/C23H21N3O2S2/c1-15-19-21(24-13-12-16-8-4-2-5-9-16)25-18(14-29-17-10-6-3-7-11-17)26-22(19)30-20(15)23(27)28/h2-11H,12-14H2,1H3,(H,27,28)(H,24,25,26). The minimum Gasteiger partial charge on any atom is -0.477 e. The first kappa shape index (κ1) is 20.4. The second-order valence-electron chi connectivity index (χ2n) is 6.79. The second kappa shape index (κ2) is 9.28. The van der Waals surface area contributed by atoms with Crippen molar-refractivity contribution in [3.05, 3.63) is 82.5 Å². The third kappa shape index (κ3) is 4.63. The lowest BCUT2D eigenvalue weighted by Crippen LogP contribution is -2.08. The third-order valence-electron chi connectivity index (χ3n) is 4.69. The number of carbonyl (C=O) groups is 1. The van der Waals surface area contributed by atoms with Gasteiger partial charge in [0.2, 0.25) is 0 Å². The lowest BCUT2D eigenvalue weighted by atomic mass is 10.1. The Hall–Kier alpha value is -2.90. The number of hydrogen-bond donors (Lipinski definition) is 2. The Bertz CT molecular complexity index is 1160. The van der Waals surface area contributed by atoms with Crippen LogP contribution >= 0.6 is 23.1 Å². The van der Waals surface area contributed by atoms with Gasteiger partial charge in [-0.25, -0.2) is 14.8 Å². The van der Waals surface area contributed by atoms with Gasteiger partial charge in [-0.1, -0.05) is 48.5 Å². The first-order valence-corrected chi connectivity index (χ1v) is 11.4. The lowest BCUT2D eigenvalue weighted by molar-refractivity contribution is 0.0701. The number of nitrogens with one attached hydrogen (secondary N) is 1. The fourth-order valence-corrected chi connectivity index (χ4v) is 5.03. The molecule has 2 aromatic carbocycles. The highest BCUT2D eigenvalue weighted by Crippen LogP contribution is 2.34. The molecule has 0 aliphatic carbocycles. The van der Waals surface area contributed by atoms with Crippen molar-refractivity contribution >= 4 is 45.1 Å². The molecule has 2 heterocycles. The first-order valence-electron chi connectivity index (χ1n) is 9.61. The van der Waals surface area contributed by atoms with E-state index in [-0.39, 0.29) is 0 Å². The molecule has 152 valence electrons. The van der Waals surface area contributed by atoms with Crippen LogP contribution in [0.15, 0.2) is 65.6 Å². The summed E-state index contributed by atoms with van der Waals surface area (Å²) in [5.74, 6) is 1.09. The van der Waals surface area contributed by atoms with Crippen molar-refractivity contribution < 1.29 is 9.90 Å². The van der Waals surface area contributed by atoms with E-state index >= 15 is 0 Å². The van der Waals surface area contributed by atoms with Crippen molar-refractivity contribution in [2.24, 2.45) is 0 Å². The monoisotopic (exact) mass is 435 g/mol. The maximum Gasteiger partial charge on any atom is 0.346 e. The fourth-order valence-electron chi connectivity index (χ4n) is 3.21. The second-order valence-corrected chi connectivity index (χ2v) is 8.84. The van der Waals surface area contributed by atoms with Gasteiger partial charge in [0.05, 0.1) is 11.1 Å². The summed E-state index contributed by atoms with van der Waals surface area (Å²) in [5, 5.41) is 13.8. The molecule has 0 saturated carbocycles. The van der Waals surface area contributed by atoms with Gasteiger partial charge < -0.3 is 10.4 Å². The number of fused-ring (bicyclic) bond motifs is 1. The highest BCUT2D eigenvalue weighted by atomic mass is 32.2. The molecule has 5 nitrogen and oxygen atoms in total. The topological polar surface area (TPSA) is 75.1 Å². The molecule has 0 radical (unpaired) electrons. The van der Waals surface area contributed by atoms with Gasteiger partial charge in [-0.05, 0) is 36.6 Å². The van der Waals surface area contributed by atoms with Gasteiger partial charge in [-0.15, -0.1) is 23.1 Å². The summed E-state index contributed by atoms with van der Waals surface area (Å²) in [6.07, 6.45) is 0.857. The number of aromatic carboxylic acids is 1. The molecule has 30 heavy (non-hydrogen) atoms. The smallest absolute Gasteiger partial charge is 0.346 e. The molecule has 0 fully saturated rings. The predicted octanol–water partition coefficient (Wildman–Crippen LogP) is 5.64. The van der Waals surface area contributed by atoms with E-state index in [9.17, 15) is 9.90 Å². The third-order valence-corrected chi connectivity index (χ3v) is 6.87. The van der Waals surface area contributed by atoms with Crippen LogP contribution in [0.2, 0.25) is 0 Å². The summed E-state index contributed by atoms with van der Waals surface area (Å²) < 4.78 is 0. The number of rotatable bonds is 8. The maximum absolute atomic E-state index is 11.6. The molecule has 2 aromatic heterocycles. The summed E-state index contributed by atoms with van der Waals surface area (Å²) in [5.41, 5.74) is 1.95. The zero-order valence-corrected chi connectivity index (χ0v) is 18.1. The Morgan fingerprint density at radius 3 is 2.47 bits per heavy atom. The summed E-state index contributed by atoms with van der Waals surface area (Å²) in [7, 11) is 0. The first-order chi connectivity index (χ1) is 14.6. The van der Waals surface area contributed by atoms with Gasteiger partial charge >= 0.3 is 5.97 Å². The summed E-state index contributed by atoms with van der Waals surface area (Å²) >= 11 is 2.88. The molecule has 0 amide bonds. The van der Waals surface area contributed by atoms with Crippen molar-refractivity contribution in [3.8, 4) is 0 Å². The number of carboxylic acid groups (broad SMARTS) is 1. The van der Waals surface area contributed by atoms with Gasteiger partial charge in [0.15, 0.2) is 0 Å². The molecule has 0 aliphatic rings. The van der Waals surface area contributed by atoms with Crippen LogP contribution in [-0.2, 0) is 12.2 Å². The van der Waals surface area contributed by atoms with E-state index in [0.29, 0.717) is 39.2 Å². The number of thioether (sulfide) groups is 1. The van der Waals surface area contributed by atoms with Crippen LogP contribution in [0.1, 0.15) is 26.6 Å². The Morgan fingerprint density at radius 2 is 1.77 bits per heavy atom. The molecular weight excluding hydrogens is 414 g/mol. The highest BCUT2D eigenvalue weighted by Gasteiger charge is 2.20. The van der Waals surface area contributed by atoms with E-state index in [1.165, 1.54) is 16.9 Å². The summed E-state index contributed by atoms with van der Waals surface area (Å²) in [6, 6.07) is 20.4. The lowest BCUT2D eigenvalue weighted by Gasteiger charge is -2.10. The molecule has 4 aromatic rings. The molecule has 0 aliphatic heterocycles. The summed E-state index contributed by atoms with van der Waals surface area (Å²) in [4.78, 5) is 23.2. The SMILES string of the molecule is Cc1c(C(=O)O)sc2nc(CSc3ccccc3)nc(NCCc3ccccc3)c12. The van der Waals surface area contributed by atoms with Crippen LogP contribution in [0.3, 0.4) is 0 Å². The number of carboxylic acids is 1.